The topological polar surface area (TPSA) is 50.8 Å². The van der Waals surface area contributed by atoms with Crippen molar-refractivity contribution in [3.63, 3.8) is 0 Å². The van der Waals surface area contributed by atoms with E-state index in [9.17, 15) is 4.79 Å². The van der Waals surface area contributed by atoms with Crippen molar-refractivity contribution in [3.8, 4) is 11.5 Å². The molecule has 42 heavy (non-hydrogen) atoms. The van der Waals surface area contributed by atoms with E-state index in [1.165, 1.54) is 0 Å². The summed E-state index contributed by atoms with van der Waals surface area (Å²) >= 11 is 0. The van der Waals surface area contributed by atoms with Gasteiger partial charge in [-0.1, -0.05) is 101 Å². The van der Waals surface area contributed by atoms with Gasteiger partial charge >= 0.3 is 5.97 Å². The van der Waals surface area contributed by atoms with Crippen LogP contribution in [0.15, 0.2) is 97.1 Å². The van der Waals surface area contributed by atoms with Crippen LogP contribution >= 0.6 is 0 Å². The molecule has 4 aromatic rings. The first-order chi connectivity index (χ1) is 20.6. The van der Waals surface area contributed by atoms with Crippen LogP contribution in [0.5, 0.6) is 11.5 Å². The van der Waals surface area contributed by atoms with E-state index < -0.39 is 5.60 Å². The summed E-state index contributed by atoms with van der Waals surface area (Å²) < 4.78 is 13.2. The first-order valence-electron chi connectivity index (χ1n) is 15.4. The summed E-state index contributed by atoms with van der Waals surface area (Å²) in [4.78, 5) is 16.0. The van der Waals surface area contributed by atoms with Crippen LogP contribution in [0.25, 0.3) is 0 Å². The zero-order valence-corrected chi connectivity index (χ0v) is 24.8. The predicted octanol–water partition coefficient (Wildman–Crippen LogP) is 9.13. The Morgan fingerprint density at radius 3 is 2.29 bits per heavy atom. The molecule has 5 heteroatoms. The third-order valence-electron chi connectivity index (χ3n) is 8.63. The number of nitrogens with zero attached hydrogens (tertiary/aromatic N) is 1. The molecule has 0 amide bonds. The molecule has 2 aliphatic rings. The molecule has 216 valence electrons. The summed E-state index contributed by atoms with van der Waals surface area (Å²) in [6.07, 6.45) is 5.49. The Kier molecular flexibility index (Phi) is 7.92. The summed E-state index contributed by atoms with van der Waals surface area (Å²) in [6.45, 7) is 7.67. The van der Waals surface area contributed by atoms with Crippen LogP contribution in [0.3, 0.4) is 0 Å². The monoisotopic (exact) mass is 560 g/mol. The van der Waals surface area contributed by atoms with Gasteiger partial charge < -0.3 is 19.7 Å². The van der Waals surface area contributed by atoms with E-state index in [-0.39, 0.29) is 12.1 Å². The molecular formula is C37H40N2O3. The van der Waals surface area contributed by atoms with Crippen molar-refractivity contribution in [2.24, 2.45) is 5.92 Å². The highest BCUT2D eigenvalue weighted by Gasteiger charge is 2.55. The number of rotatable bonds is 11. The number of carbonyl (C=O) groups excluding carboxylic acids is 1. The minimum atomic E-state index is -1.11. The Labute approximate surface area is 249 Å². The molecule has 1 spiro atoms. The maximum atomic E-state index is 13.5. The summed E-state index contributed by atoms with van der Waals surface area (Å²) in [5, 5.41) is 3.90. The number of hydrogen-bond acceptors (Lipinski definition) is 5. The Hall–Kier alpha value is -4.25. The first kappa shape index (κ1) is 27.9. The molecule has 0 fully saturated rings. The zero-order valence-electron chi connectivity index (χ0n) is 24.8. The van der Waals surface area contributed by atoms with E-state index in [2.05, 4.69) is 67.4 Å². The van der Waals surface area contributed by atoms with Gasteiger partial charge in [0.2, 0.25) is 0 Å². The van der Waals surface area contributed by atoms with Crippen molar-refractivity contribution in [1.82, 2.24) is 0 Å². The molecule has 0 bridgehead atoms. The van der Waals surface area contributed by atoms with Crippen LogP contribution < -0.4 is 15.0 Å². The van der Waals surface area contributed by atoms with Crippen molar-refractivity contribution in [2.45, 2.75) is 64.6 Å². The van der Waals surface area contributed by atoms with Crippen LogP contribution in [0, 0.1) is 5.92 Å². The smallest absolute Gasteiger partial charge is 0.340 e. The standard InChI is InChI=1S/C37H40N2O3/c1-4-6-14-25-39(35(26(3)16-5-2)38-27-17-8-7-9-18-27)31-22-15-24-33-34(31)37(30-21-12-13-23-32(30)41-33)29-20-11-10-19-28(29)36(40)42-37/h7-13,15,17-24,26,35,38H,4-6,14,16,25H2,1-3H3. The van der Waals surface area contributed by atoms with Gasteiger partial charge in [-0.15, -0.1) is 0 Å². The van der Waals surface area contributed by atoms with E-state index in [0.717, 1.165) is 72.5 Å². The summed E-state index contributed by atoms with van der Waals surface area (Å²) in [5.41, 5.74) is 4.22. The maximum Gasteiger partial charge on any atom is 0.340 e. The van der Waals surface area contributed by atoms with Crippen LogP contribution in [0.1, 0.15) is 79.9 Å². The third kappa shape index (κ3) is 4.81. The van der Waals surface area contributed by atoms with E-state index in [0.29, 0.717) is 17.2 Å². The van der Waals surface area contributed by atoms with Crippen LogP contribution in [-0.2, 0) is 10.3 Å². The lowest BCUT2D eigenvalue weighted by atomic mass is 9.76. The van der Waals surface area contributed by atoms with Crippen LogP contribution in [0.2, 0.25) is 0 Å². The largest absolute Gasteiger partial charge is 0.456 e. The maximum absolute atomic E-state index is 13.5. The van der Waals surface area contributed by atoms with Gasteiger partial charge in [-0.05, 0) is 55.2 Å². The van der Waals surface area contributed by atoms with Gasteiger partial charge in [0.25, 0.3) is 0 Å². The molecule has 3 unspecified atom stereocenters. The number of unbranched alkanes of at least 4 members (excludes halogenated alkanes) is 2. The lowest BCUT2D eigenvalue weighted by Gasteiger charge is -2.44. The van der Waals surface area contributed by atoms with Crippen molar-refractivity contribution in [2.75, 3.05) is 16.8 Å². The lowest BCUT2D eigenvalue weighted by molar-refractivity contribution is 0.0225. The molecule has 0 saturated carbocycles. The SMILES string of the molecule is CCCCCN(c1cccc2c1C1(OC(=O)c3ccccc31)c1ccccc1O2)C(Nc1ccccc1)C(C)CCC. The minimum Gasteiger partial charge on any atom is -0.456 e. The Bertz CT molecular complexity index is 1550. The second kappa shape index (κ2) is 11.9. The van der Waals surface area contributed by atoms with Gasteiger partial charge in [0, 0.05) is 23.4 Å². The van der Waals surface area contributed by atoms with Crippen molar-refractivity contribution in [1.29, 1.82) is 0 Å². The molecule has 2 heterocycles. The summed E-state index contributed by atoms with van der Waals surface area (Å²) in [7, 11) is 0. The predicted molar refractivity (Wildman–Crippen MR) is 169 cm³/mol. The van der Waals surface area contributed by atoms with E-state index in [4.69, 9.17) is 9.47 Å². The van der Waals surface area contributed by atoms with Gasteiger partial charge in [0.05, 0.1) is 16.8 Å². The molecule has 4 aromatic carbocycles. The number of benzene rings is 4. The third-order valence-corrected chi connectivity index (χ3v) is 8.63. The van der Waals surface area contributed by atoms with Gasteiger partial charge in [-0.3, -0.25) is 0 Å². The number of carbonyl (C=O) groups is 1. The zero-order chi connectivity index (χ0) is 29.1. The number of hydrogen-bond donors (Lipinski definition) is 1. The highest BCUT2D eigenvalue weighted by Crippen LogP contribution is 2.58. The molecular weight excluding hydrogens is 520 g/mol. The summed E-state index contributed by atoms with van der Waals surface area (Å²) in [5.74, 6) is 1.47. The molecule has 0 saturated heterocycles. The molecule has 3 atom stereocenters. The van der Waals surface area contributed by atoms with E-state index >= 15 is 0 Å². The van der Waals surface area contributed by atoms with Crippen LogP contribution in [-0.4, -0.2) is 18.7 Å². The fraction of sp³-hybridized carbons (Fsp3) is 0.324. The van der Waals surface area contributed by atoms with E-state index in [1.807, 2.05) is 60.7 Å². The fourth-order valence-corrected chi connectivity index (χ4v) is 6.69. The quantitative estimate of drug-likeness (QED) is 0.113. The molecule has 2 aliphatic heterocycles. The molecule has 0 aromatic heterocycles. The number of anilines is 2. The highest BCUT2D eigenvalue weighted by atomic mass is 16.6. The fourth-order valence-electron chi connectivity index (χ4n) is 6.69. The first-order valence-corrected chi connectivity index (χ1v) is 15.4. The van der Waals surface area contributed by atoms with Crippen molar-refractivity contribution in [3.05, 3.63) is 119 Å². The number of nitrogens with one attached hydrogen (secondary N) is 1. The second-order valence-electron chi connectivity index (χ2n) is 11.5. The average molecular weight is 561 g/mol. The van der Waals surface area contributed by atoms with Gasteiger partial charge in [-0.25, -0.2) is 4.79 Å². The van der Waals surface area contributed by atoms with Crippen molar-refractivity contribution >= 4 is 17.3 Å². The number of fused-ring (bicyclic) bond motifs is 6. The number of ether oxygens (including phenoxy) is 2. The molecule has 0 aliphatic carbocycles. The van der Waals surface area contributed by atoms with Gasteiger partial charge in [0.15, 0.2) is 5.60 Å². The summed E-state index contributed by atoms with van der Waals surface area (Å²) in [6, 6.07) is 32.5. The number of esters is 1. The molecule has 6 rings (SSSR count). The Morgan fingerprint density at radius 1 is 0.786 bits per heavy atom. The molecule has 1 N–H and O–H groups in total. The van der Waals surface area contributed by atoms with Crippen molar-refractivity contribution < 1.29 is 14.3 Å². The second-order valence-corrected chi connectivity index (χ2v) is 11.5. The minimum absolute atomic E-state index is 0.0114. The number of para-hydroxylation sites is 2. The normalized spacial score (nSPS) is 17.8. The molecule has 0 radical (unpaired) electrons. The average Bonchev–Trinajstić information content (AvgIpc) is 3.31. The molecule has 5 nitrogen and oxygen atoms in total. The Morgan fingerprint density at radius 2 is 1.50 bits per heavy atom. The van der Waals surface area contributed by atoms with Gasteiger partial charge in [-0.2, -0.15) is 0 Å². The van der Waals surface area contributed by atoms with Crippen LogP contribution in [0.4, 0.5) is 11.4 Å². The highest BCUT2D eigenvalue weighted by molar-refractivity contribution is 5.97. The van der Waals surface area contributed by atoms with E-state index in [1.54, 1.807) is 0 Å². The lowest BCUT2D eigenvalue weighted by Crippen LogP contribution is -2.48. The Balaban J connectivity index is 1.58. The van der Waals surface area contributed by atoms with Gasteiger partial charge in [0.1, 0.15) is 17.7 Å².